The smallest absolute Gasteiger partial charge is 0.317 e. The van der Waals surface area contributed by atoms with Crippen molar-refractivity contribution in [1.82, 2.24) is 19.6 Å². The minimum Gasteiger partial charge on any atom is -0.351 e. The number of carbonyl (C=O) groups is 1. The molecule has 0 radical (unpaired) electrons. The summed E-state index contributed by atoms with van der Waals surface area (Å²) in [6.45, 7) is 0. The number of nitrogens with zero attached hydrogens (tertiary/aromatic N) is 4. The number of anilines is 1. The number of aromatic nitrogens is 4. The molecule has 0 fully saturated rings. The molecule has 1 aromatic carbocycles. The van der Waals surface area contributed by atoms with Crippen LogP contribution in [0.1, 0.15) is 0 Å². The van der Waals surface area contributed by atoms with Gasteiger partial charge in [0.1, 0.15) is 5.69 Å². The highest BCUT2D eigenvalue weighted by Crippen LogP contribution is 2.29. The lowest BCUT2D eigenvalue weighted by molar-refractivity contribution is 0.259. The predicted octanol–water partition coefficient (Wildman–Crippen LogP) is 1.90. The predicted molar refractivity (Wildman–Crippen MR) is 78.9 cm³/mol. The van der Waals surface area contributed by atoms with E-state index in [0.717, 1.165) is 0 Å². The van der Waals surface area contributed by atoms with E-state index in [4.69, 9.17) is 5.73 Å². The zero-order valence-corrected chi connectivity index (χ0v) is 11.7. The van der Waals surface area contributed by atoms with Crippen molar-refractivity contribution >= 4 is 11.8 Å². The van der Waals surface area contributed by atoms with Crippen LogP contribution in [0.3, 0.4) is 0 Å². The highest BCUT2D eigenvalue weighted by Gasteiger charge is 2.22. The van der Waals surface area contributed by atoms with Crippen LogP contribution < -0.4 is 11.1 Å². The average molecular weight is 300 g/mol. The van der Waals surface area contributed by atoms with E-state index >= 15 is 0 Å². The van der Waals surface area contributed by atoms with E-state index in [0.29, 0.717) is 11.3 Å². The van der Waals surface area contributed by atoms with Gasteiger partial charge in [0.15, 0.2) is 11.6 Å². The number of primary amides is 1. The standard InChI is InChI=1S/C14H13FN6O/c1-20-8-9(7-17-20)12-11(15)13(18-14(16)22)21(19-12)10-5-3-2-4-6-10/h2-8H,1H3,(H3,16,18,22). The maximum atomic E-state index is 14.6. The lowest BCUT2D eigenvalue weighted by Gasteiger charge is -2.06. The largest absolute Gasteiger partial charge is 0.351 e. The summed E-state index contributed by atoms with van der Waals surface area (Å²) < 4.78 is 17.5. The molecule has 7 nitrogen and oxygen atoms in total. The summed E-state index contributed by atoms with van der Waals surface area (Å²) in [5.41, 5.74) is 6.30. The monoisotopic (exact) mass is 300 g/mol. The average Bonchev–Trinajstić information content (AvgIpc) is 3.05. The van der Waals surface area contributed by atoms with Crippen LogP contribution in [-0.4, -0.2) is 25.6 Å². The number of halogens is 1. The van der Waals surface area contributed by atoms with Gasteiger partial charge in [0.25, 0.3) is 0 Å². The van der Waals surface area contributed by atoms with Gasteiger partial charge in [-0.15, -0.1) is 0 Å². The maximum Gasteiger partial charge on any atom is 0.317 e. The minimum absolute atomic E-state index is 0.0840. The van der Waals surface area contributed by atoms with Crippen LogP contribution in [0.2, 0.25) is 0 Å². The molecule has 0 saturated heterocycles. The molecule has 2 heterocycles. The number of nitrogens with one attached hydrogen (secondary N) is 1. The van der Waals surface area contributed by atoms with Crippen LogP contribution in [-0.2, 0) is 7.05 Å². The lowest BCUT2D eigenvalue weighted by atomic mass is 10.2. The van der Waals surface area contributed by atoms with Crippen molar-refractivity contribution in [2.75, 3.05) is 5.32 Å². The highest BCUT2D eigenvalue weighted by molar-refractivity contribution is 5.88. The summed E-state index contributed by atoms with van der Waals surface area (Å²) in [6, 6.07) is 8.01. The highest BCUT2D eigenvalue weighted by atomic mass is 19.1. The van der Waals surface area contributed by atoms with Crippen LogP contribution in [0.25, 0.3) is 16.9 Å². The Morgan fingerprint density at radius 2 is 2.05 bits per heavy atom. The fourth-order valence-electron chi connectivity index (χ4n) is 2.11. The molecule has 0 aliphatic rings. The van der Waals surface area contributed by atoms with Crippen molar-refractivity contribution in [3.05, 3.63) is 48.5 Å². The molecule has 0 spiro atoms. The molecule has 0 unspecified atom stereocenters. The number of hydrogen-bond acceptors (Lipinski definition) is 3. The minimum atomic E-state index is -0.867. The first-order valence-electron chi connectivity index (χ1n) is 6.45. The Bertz CT molecular complexity index is 823. The summed E-state index contributed by atoms with van der Waals surface area (Å²) in [5.74, 6) is -0.784. The van der Waals surface area contributed by atoms with Crippen molar-refractivity contribution in [2.24, 2.45) is 12.8 Å². The van der Waals surface area contributed by atoms with Gasteiger partial charge in [-0.3, -0.25) is 10.00 Å². The fourth-order valence-corrected chi connectivity index (χ4v) is 2.11. The Balaban J connectivity index is 2.18. The maximum absolute atomic E-state index is 14.6. The normalized spacial score (nSPS) is 10.6. The molecule has 0 aliphatic carbocycles. The van der Waals surface area contributed by atoms with E-state index in [9.17, 15) is 9.18 Å². The topological polar surface area (TPSA) is 90.8 Å². The van der Waals surface area contributed by atoms with Crippen molar-refractivity contribution in [1.29, 1.82) is 0 Å². The van der Waals surface area contributed by atoms with Gasteiger partial charge in [0, 0.05) is 18.8 Å². The summed E-state index contributed by atoms with van der Waals surface area (Å²) in [4.78, 5) is 11.1. The molecule has 3 N–H and O–H groups in total. The number of nitrogens with two attached hydrogens (primary N) is 1. The van der Waals surface area contributed by atoms with Crippen molar-refractivity contribution < 1.29 is 9.18 Å². The molecule has 112 valence electrons. The Morgan fingerprint density at radius 3 is 2.64 bits per heavy atom. The molecule has 8 heteroatoms. The van der Waals surface area contributed by atoms with Crippen LogP contribution in [0, 0.1) is 5.82 Å². The zero-order valence-electron chi connectivity index (χ0n) is 11.7. The van der Waals surface area contributed by atoms with Crippen LogP contribution >= 0.6 is 0 Å². The third-order valence-corrected chi connectivity index (χ3v) is 3.05. The van der Waals surface area contributed by atoms with Gasteiger partial charge in [-0.25, -0.2) is 13.9 Å². The van der Waals surface area contributed by atoms with Gasteiger partial charge >= 0.3 is 6.03 Å². The van der Waals surface area contributed by atoms with E-state index in [1.54, 1.807) is 37.5 Å². The van der Waals surface area contributed by atoms with Gasteiger partial charge in [0.05, 0.1) is 11.9 Å². The molecule has 2 amide bonds. The summed E-state index contributed by atoms with van der Waals surface area (Å²) in [5, 5.41) is 10.5. The van der Waals surface area contributed by atoms with E-state index in [-0.39, 0.29) is 11.5 Å². The Kier molecular flexibility index (Phi) is 3.34. The molecular weight excluding hydrogens is 287 g/mol. The second-order valence-corrected chi connectivity index (χ2v) is 4.65. The second-order valence-electron chi connectivity index (χ2n) is 4.65. The van der Waals surface area contributed by atoms with Crippen LogP contribution in [0.4, 0.5) is 15.0 Å². The number of urea groups is 1. The third-order valence-electron chi connectivity index (χ3n) is 3.05. The quantitative estimate of drug-likeness (QED) is 0.774. The van der Waals surface area contributed by atoms with Crippen molar-refractivity contribution in [3.8, 4) is 16.9 Å². The van der Waals surface area contributed by atoms with Crippen LogP contribution in [0.5, 0.6) is 0 Å². The lowest BCUT2D eigenvalue weighted by Crippen LogP contribution is -2.22. The molecule has 22 heavy (non-hydrogen) atoms. The molecule has 3 aromatic rings. The second kappa shape index (κ2) is 5.32. The van der Waals surface area contributed by atoms with Gasteiger partial charge in [-0.2, -0.15) is 10.2 Å². The molecule has 2 aromatic heterocycles. The van der Waals surface area contributed by atoms with E-state index in [1.165, 1.54) is 15.6 Å². The number of rotatable bonds is 3. The van der Waals surface area contributed by atoms with E-state index < -0.39 is 11.8 Å². The number of aryl methyl sites for hydroxylation is 1. The van der Waals surface area contributed by atoms with E-state index in [2.05, 4.69) is 15.5 Å². The first-order chi connectivity index (χ1) is 10.6. The van der Waals surface area contributed by atoms with Gasteiger partial charge in [-0.05, 0) is 12.1 Å². The van der Waals surface area contributed by atoms with Crippen molar-refractivity contribution in [2.45, 2.75) is 0 Å². The number of hydrogen-bond donors (Lipinski definition) is 2. The number of para-hydroxylation sites is 1. The summed E-state index contributed by atoms with van der Waals surface area (Å²) in [7, 11) is 1.72. The van der Waals surface area contributed by atoms with E-state index in [1.807, 2.05) is 6.07 Å². The number of amides is 2. The molecule has 0 bridgehead atoms. The molecule has 0 atom stereocenters. The number of carbonyl (C=O) groups excluding carboxylic acids is 1. The molecule has 3 rings (SSSR count). The Morgan fingerprint density at radius 1 is 1.32 bits per heavy atom. The number of benzene rings is 1. The van der Waals surface area contributed by atoms with Gasteiger partial charge in [0.2, 0.25) is 0 Å². The van der Waals surface area contributed by atoms with Gasteiger partial charge < -0.3 is 5.73 Å². The SMILES string of the molecule is Cn1cc(-c2nn(-c3ccccc3)c(NC(N)=O)c2F)cn1. The van der Waals surface area contributed by atoms with Gasteiger partial charge in [-0.1, -0.05) is 18.2 Å². The van der Waals surface area contributed by atoms with Crippen molar-refractivity contribution in [3.63, 3.8) is 0 Å². The first kappa shape index (κ1) is 13.8. The molecule has 0 aliphatic heterocycles. The first-order valence-corrected chi connectivity index (χ1v) is 6.45. The zero-order chi connectivity index (χ0) is 15.7. The molecular formula is C14H13FN6O. The van der Waals surface area contributed by atoms with Crippen LogP contribution in [0.15, 0.2) is 42.7 Å². The third kappa shape index (κ3) is 2.41. The fraction of sp³-hybridized carbons (Fsp3) is 0.0714. The summed E-state index contributed by atoms with van der Waals surface area (Å²) >= 11 is 0. The Labute approximate surface area is 125 Å². The molecule has 0 saturated carbocycles. The summed E-state index contributed by atoms with van der Waals surface area (Å²) in [6.07, 6.45) is 3.13. The Hall–Kier alpha value is -3.16.